The lowest BCUT2D eigenvalue weighted by Crippen LogP contribution is -2.22. The number of nitrogens with one attached hydrogen (secondary N) is 2. The largest absolute Gasteiger partial charge is 0.488 e. The van der Waals surface area contributed by atoms with Crippen LogP contribution < -0.4 is 15.4 Å². The second-order valence-corrected chi connectivity index (χ2v) is 8.54. The molecule has 0 aliphatic heterocycles. The Bertz CT molecular complexity index is 1300. The molecule has 0 radical (unpaired) electrons. The number of hydrogen-bond acceptors (Lipinski definition) is 5. The van der Waals surface area contributed by atoms with Gasteiger partial charge in [0.15, 0.2) is 0 Å². The quantitative estimate of drug-likeness (QED) is 0.128. The first-order valence-corrected chi connectivity index (χ1v) is 11.5. The van der Waals surface area contributed by atoms with E-state index >= 15 is 0 Å². The van der Waals surface area contributed by atoms with Gasteiger partial charge in [-0.1, -0.05) is 59.6 Å². The molecule has 0 amide bonds. The van der Waals surface area contributed by atoms with Crippen molar-refractivity contribution in [2.75, 3.05) is 18.4 Å². The molecule has 4 aromatic rings. The molecule has 4 aromatic carbocycles. The first-order chi connectivity index (χ1) is 16.5. The number of fused-ring (bicyclic) bond motifs is 1. The van der Waals surface area contributed by atoms with Crippen molar-refractivity contribution >= 4 is 57.8 Å². The Kier molecular flexibility index (Phi) is 9.57. The highest BCUT2D eigenvalue weighted by atomic mass is 35.5. The molecule has 0 atom stereocenters. The summed E-state index contributed by atoms with van der Waals surface area (Å²) < 4.78 is 6.17. The monoisotopic (exact) mass is 531 g/mol. The van der Waals surface area contributed by atoms with Crippen LogP contribution in [0.4, 0.5) is 11.4 Å². The summed E-state index contributed by atoms with van der Waals surface area (Å²) in [6, 6.07) is 24.0. The van der Waals surface area contributed by atoms with Crippen LogP contribution in [0.2, 0.25) is 10.0 Å². The second kappa shape index (κ2) is 12.6. The Morgan fingerprint density at radius 3 is 2.43 bits per heavy atom. The van der Waals surface area contributed by atoms with E-state index in [1.807, 2.05) is 30.3 Å². The Morgan fingerprint density at radius 2 is 1.69 bits per heavy atom. The number of nitrogens with zero attached hydrogens (tertiary/aromatic N) is 1. The number of benzene rings is 4. The van der Waals surface area contributed by atoms with E-state index in [4.69, 9.17) is 27.9 Å². The van der Waals surface area contributed by atoms with Crippen LogP contribution >= 0.6 is 35.6 Å². The van der Waals surface area contributed by atoms with Gasteiger partial charge in [-0.3, -0.25) is 10.1 Å². The molecule has 0 saturated heterocycles. The summed E-state index contributed by atoms with van der Waals surface area (Å²) >= 11 is 12.3. The van der Waals surface area contributed by atoms with Gasteiger partial charge in [-0.15, -0.1) is 12.4 Å². The molecule has 0 fully saturated rings. The van der Waals surface area contributed by atoms with Gasteiger partial charge in [0.05, 0.1) is 4.92 Å². The van der Waals surface area contributed by atoms with E-state index < -0.39 is 4.92 Å². The summed E-state index contributed by atoms with van der Waals surface area (Å²) in [6.07, 6.45) is 0. The van der Waals surface area contributed by atoms with Crippen LogP contribution in [0.1, 0.15) is 11.1 Å². The van der Waals surface area contributed by atoms with Crippen LogP contribution in [0.3, 0.4) is 0 Å². The molecule has 2 N–H and O–H groups in total. The van der Waals surface area contributed by atoms with Gasteiger partial charge in [-0.25, -0.2) is 0 Å². The van der Waals surface area contributed by atoms with E-state index in [1.54, 1.807) is 24.3 Å². The van der Waals surface area contributed by atoms with E-state index in [0.717, 1.165) is 33.3 Å². The molecule has 6 nitrogen and oxygen atoms in total. The van der Waals surface area contributed by atoms with Crippen molar-refractivity contribution in [1.82, 2.24) is 5.32 Å². The summed E-state index contributed by atoms with van der Waals surface area (Å²) in [6.45, 7) is 2.32. The maximum absolute atomic E-state index is 10.8. The second-order valence-electron chi connectivity index (χ2n) is 7.70. The van der Waals surface area contributed by atoms with Crippen molar-refractivity contribution in [1.29, 1.82) is 0 Å². The van der Waals surface area contributed by atoms with E-state index in [2.05, 4.69) is 22.8 Å². The van der Waals surface area contributed by atoms with Gasteiger partial charge in [-0.2, -0.15) is 0 Å². The molecule has 0 bridgehead atoms. The minimum atomic E-state index is -0.407. The third-order valence-electron chi connectivity index (χ3n) is 5.41. The zero-order valence-electron chi connectivity index (χ0n) is 18.7. The predicted octanol–water partition coefficient (Wildman–Crippen LogP) is 7.26. The molecule has 0 aliphatic rings. The van der Waals surface area contributed by atoms with E-state index in [0.29, 0.717) is 36.3 Å². The molecule has 0 aliphatic carbocycles. The fourth-order valence-corrected chi connectivity index (χ4v) is 4.10. The number of nitro groups is 1. The summed E-state index contributed by atoms with van der Waals surface area (Å²) in [5.74, 6) is 0.792. The minimum absolute atomic E-state index is 0. The molecule has 0 spiro atoms. The molecular weight excluding hydrogens is 509 g/mol. The molecule has 9 heteroatoms. The highest BCUT2D eigenvalue weighted by molar-refractivity contribution is 6.35. The highest BCUT2D eigenvalue weighted by Crippen LogP contribution is 2.30. The summed E-state index contributed by atoms with van der Waals surface area (Å²) in [4.78, 5) is 10.4. The average molecular weight is 533 g/mol. The van der Waals surface area contributed by atoms with Crippen LogP contribution in [0.25, 0.3) is 10.8 Å². The van der Waals surface area contributed by atoms with Gasteiger partial charge in [0.1, 0.15) is 12.4 Å². The SMILES string of the molecule is Cl.O=[N+]([O-])c1ccc(NCCNCc2c(OCc3ccc(Cl)cc3Cl)ccc3ccccc23)cc1. The molecule has 0 saturated carbocycles. The first kappa shape index (κ1) is 26.6. The van der Waals surface area contributed by atoms with Gasteiger partial charge < -0.3 is 15.4 Å². The smallest absolute Gasteiger partial charge is 0.269 e. The lowest BCUT2D eigenvalue weighted by atomic mass is 10.0. The maximum Gasteiger partial charge on any atom is 0.269 e. The lowest BCUT2D eigenvalue weighted by Gasteiger charge is -2.16. The Labute approximate surface area is 219 Å². The van der Waals surface area contributed by atoms with Crippen LogP contribution in [0, 0.1) is 10.1 Å². The number of anilines is 1. The maximum atomic E-state index is 10.8. The van der Waals surface area contributed by atoms with E-state index in [1.165, 1.54) is 12.1 Å². The zero-order chi connectivity index (χ0) is 23.9. The highest BCUT2D eigenvalue weighted by Gasteiger charge is 2.11. The van der Waals surface area contributed by atoms with Crippen molar-refractivity contribution in [2.45, 2.75) is 13.2 Å². The third kappa shape index (κ3) is 6.99. The number of hydrogen-bond donors (Lipinski definition) is 2. The van der Waals surface area contributed by atoms with Crippen molar-refractivity contribution < 1.29 is 9.66 Å². The van der Waals surface area contributed by atoms with Gasteiger partial charge in [-0.05, 0) is 41.1 Å². The summed E-state index contributed by atoms with van der Waals surface area (Å²) in [5, 5.41) is 20.9. The molecule has 0 heterocycles. The van der Waals surface area contributed by atoms with Crippen molar-refractivity contribution in [3.05, 3.63) is 110 Å². The first-order valence-electron chi connectivity index (χ1n) is 10.8. The van der Waals surface area contributed by atoms with Crippen molar-refractivity contribution in [3.8, 4) is 5.75 Å². The number of non-ortho nitro benzene ring substituents is 1. The molecule has 182 valence electrons. The average Bonchev–Trinajstić information content (AvgIpc) is 2.84. The molecule has 4 rings (SSSR count). The van der Waals surface area contributed by atoms with Crippen LogP contribution in [0.5, 0.6) is 5.75 Å². The molecular formula is C26H24Cl3N3O3. The Morgan fingerprint density at radius 1 is 0.914 bits per heavy atom. The summed E-state index contributed by atoms with van der Waals surface area (Å²) in [5.41, 5.74) is 2.84. The molecule has 0 aromatic heterocycles. The van der Waals surface area contributed by atoms with Crippen molar-refractivity contribution in [3.63, 3.8) is 0 Å². The topological polar surface area (TPSA) is 76.4 Å². The normalized spacial score (nSPS) is 10.6. The molecule has 0 unspecified atom stereocenters. The lowest BCUT2D eigenvalue weighted by molar-refractivity contribution is -0.384. The van der Waals surface area contributed by atoms with E-state index in [9.17, 15) is 10.1 Å². The fraction of sp³-hybridized carbons (Fsp3) is 0.154. The fourth-order valence-electron chi connectivity index (χ4n) is 3.64. The molecule has 35 heavy (non-hydrogen) atoms. The Hall–Kier alpha value is -3.03. The van der Waals surface area contributed by atoms with Gasteiger partial charge >= 0.3 is 0 Å². The van der Waals surface area contributed by atoms with Gasteiger partial charge in [0.25, 0.3) is 5.69 Å². The third-order valence-corrected chi connectivity index (χ3v) is 5.99. The van der Waals surface area contributed by atoms with Crippen LogP contribution in [-0.4, -0.2) is 18.0 Å². The zero-order valence-corrected chi connectivity index (χ0v) is 21.0. The van der Waals surface area contributed by atoms with Gasteiger partial charge in [0, 0.05) is 58.6 Å². The summed E-state index contributed by atoms with van der Waals surface area (Å²) in [7, 11) is 0. The van der Waals surface area contributed by atoms with E-state index in [-0.39, 0.29) is 18.1 Å². The van der Waals surface area contributed by atoms with Crippen molar-refractivity contribution in [2.24, 2.45) is 0 Å². The predicted molar refractivity (Wildman–Crippen MR) is 145 cm³/mol. The van der Waals surface area contributed by atoms with Crippen LogP contribution in [0.15, 0.2) is 78.9 Å². The minimum Gasteiger partial charge on any atom is -0.488 e. The number of rotatable bonds is 10. The number of nitro benzene ring substituents is 1. The Balaban J connectivity index is 0.00000342. The standard InChI is InChI=1S/C26H23Cl2N3O3.ClH/c27-20-7-5-19(25(28)15-20)17-34-26-12-6-18-3-1-2-4-23(18)24(26)16-29-13-14-30-21-8-10-22(11-9-21)31(32)33;/h1-12,15,29-30H,13-14,16-17H2;1H. The van der Waals surface area contributed by atoms with Gasteiger partial charge in [0.2, 0.25) is 0 Å². The number of halogens is 3. The number of ether oxygens (including phenoxy) is 1. The van der Waals surface area contributed by atoms with Crippen LogP contribution in [-0.2, 0) is 13.2 Å².